The summed E-state index contributed by atoms with van der Waals surface area (Å²) >= 11 is 0. The van der Waals surface area contributed by atoms with Gasteiger partial charge in [0.15, 0.2) is 0 Å². The molecule has 3 atom stereocenters. The van der Waals surface area contributed by atoms with E-state index in [1.54, 1.807) is 0 Å². The molecule has 1 saturated carbocycles. The van der Waals surface area contributed by atoms with Crippen LogP contribution in [-0.2, 0) is 9.53 Å². The van der Waals surface area contributed by atoms with Crippen molar-refractivity contribution in [2.45, 2.75) is 39.2 Å². The van der Waals surface area contributed by atoms with Gasteiger partial charge in [-0.05, 0) is 32.1 Å². The zero-order valence-corrected chi connectivity index (χ0v) is 8.95. The first-order valence-corrected chi connectivity index (χ1v) is 5.31. The normalized spacial score (nSPS) is 32.6. The number of carbonyl (C=O) groups excluding carboxylic acids is 1. The average Bonchev–Trinajstić information content (AvgIpc) is 2.17. The van der Waals surface area contributed by atoms with Gasteiger partial charge in [0.25, 0.3) is 0 Å². The van der Waals surface area contributed by atoms with E-state index >= 15 is 0 Å². The van der Waals surface area contributed by atoms with Crippen molar-refractivity contribution >= 4 is 5.97 Å². The molecule has 0 spiro atoms. The second-order valence-electron chi connectivity index (χ2n) is 4.01. The maximum absolute atomic E-state index is 11.5. The summed E-state index contributed by atoms with van der Waals surface area (Å²) < 4.78 is 5.03. The molecule has 0 aromatic heterocycles. The van der Waals surface area contributed by atoms with Gasteiger partial charge in [-0.25, -0.2) is 0 Å². The fourth-order valence-corrected chi connectivity index (χ4v) is 2.15. The number of hydrazine groups is 1. The molecule has 0 bridgehead atoms. The van der Waals surface area contributed by atoms with Crippen molar-refractivity contribution in [3.8, 4) is 0 Å². The minimum Gasteiger partial charge on any atom is -0.466 e. The largest absolute Gasteiger partial charge is 0.466 e. The number of carbonyl (C=O) groups is 1. The Morgan fingerprint density at radius 1 is 1.57 bits per heavy atom. The molecule has 14 heavy (non-hydrogen) atoms. The van der Waals surface area contributed by atoms with E-state index in [9.17, 15) is 4.79 Å². The molecule has 0 unspecified atom stereocenters. The topological polar surface area (TPSA) is 64.3 Å². The van der Waals surface area contributed by atoms with Crippen LogP contribution in [0.2, 0.25) is 0 Å². The van der Waals surface area contributed by atoms with Gasteiger partial charge in [0.05, 0.1) is 12.5 Å². The lowest BCUT2D eigenvalue weighted by molar-refractivity contribution is -0.151. The number of hydrogen-bond donors (Lipinski definition) is 2. The standard InChI is InChI=1S/C10H20N2O2/c1-3-14-10(13)9-5-4-8(12-11)6-7(9)2/h7-9,12H,3-6,11H2,1-2H3/t7-,8-,9-/m1/s1. The number of ether oxygens (including phenoxy) is 1. The molecule has 1 aliphatic carbocycles. The summed E-state index contributed by atoms with van der Waals surface area (Å²) in [6.45, 7) is 4.40. The van der Waals surface area contributed by atoms with Gasteiger partial charge in [-0.2, -0.15) is 0 Å². The molecule has 82 valence electrons. The minimum atomic E-state index is -0.0459. The van der Waals surface area contributed by atoms with Crippen LogP contribution >= 0.6 is 0 Å². The van der Waals surface area contributed by atoms with E-state index in [1.165, 1.54) is 0 Å². The highest BCUT2D eigenvalue weighted by Crippen LogP contribution is 2.30. The molecule has 1 rings (SSSR count). The first-order chi connectivity index (χ1) is 6.69. The molecule has 0 amide bonds. The van der Waals surface area contributed by atoms with Crippen LogP contribution in [0.15, 0.2) is 0 Å². The summed E-state index contributed by atoms with van der Waals surface area (Å²) in [6, 6.07) is 0.357. The zero-order valence-electron chi connectivity index (χ0n) is 8.95. The second kappa shape index (κ2) is 5.32. The lowest BCUT2D eigenvalue weighted by Crippen LogP contribution is -2.42. The molecule has 1 fully saturated rings. The minimum absolute atomic E-state index is 0.0459. The number of esters is 1. The SMILES string of the molecule is CCOC(=O)[C@@H]1CC[C@@H](NN)C[C@H]1C. The van der Waals surface area contributed by atoms with Crippen molar-refractivity contribution in [1.82, 2.24) is 5.43 Å². The van der Waals surface area contributed by atoms with Crippen molar-refractivity contribution in [2.75, 3.05) is 6.61 Å². The van der Waals surface area contributed by atoms with Crippen molar-refractivity contribution in [2.24, 2.45) is 17.7 Å². The van der Waals surface area contributed by atoms with Crippen LogP contribution in [0.3, 0.4) is 0 Å². The lowest BCUT2D eigenvalue weighted by Gasteiger charge is -2.32. The number of hydrogen-bond acceptors (Lipinski definition) is 4. The van der Waals surface area contributed by atoms with Crippen LogP contribution in [0.1, 0.15) is 33.1 Å². The molecule has 0 saturated heterocycles. The van der Waals surface area contributed by atoms with Gasteiger partial charge in [0.2, 0.25) is 0 Å². The van der Waals surface area contributed by atoms with E-state index in [1.807, 2.05) is 6.92 Å². The fourth-order valence-electron chi connectivity index (χ4n) is 2.15. The zero-order chi connectivity index (χ0) is 10.6. The lowest BCUT2D eigenvalue weighted by atomic mass is 9.78. The van der Waals surface area contributed by atoms with Gasteiger partial charge in [-0.15, -0.1) is 0 Å². The van der Waals surface area contributed by atoms with Crippen molar-refractivity contribution < 1.29 is 9.53 Å². The van der Waals surface area contributed by atoms with Crippen LogP contribution in [0.4, 0.5) is 0 Å². The molecule has 1 aliphatic rings. The maximum atomic E-state index is 11.5. The summed E-state index contributed by atoms with van der Waals surface area (Å²) in [5.74, 6) is 5.77. The fraction of sp³-hybridized carbons (Fsp3) is 0.900. The molecule has 0 aromatic rings. The van der Waals surface area contributed by atoms with Gasteiger partial charge in [-0.1, -0.05) is 6.92 Å². The highest BCUT2D eigenvalue weighted by atomic mass is 16.5. The summed E-state index contributed by atoms with van der Waals surface area (Å²) in [7, 11) is 0. The Kier molecular flexibility index (Phi) is 4.35. The average molecular weight is 200 g/mol. The number of nitrogens with one attached hydrogen (secondary N) is 1. The molecular formula is C10H20N2O2. The predicted octanol–water partition coefficient (Wildman–Crippen LogP) is 0.818. The Morgan fingerprint density at radius 2 is 2.29 bits per heavy atom. The molecule has 0 heterocycles. The highest BCUT2D eigenvalue weighted by molar-refractivity contribution is 5.72. The molecule has 0 radical (unpaired) electrons. The first kappa shape index (κ1) is 11.5. The molecule has 4 nitrogen and oxygen atoms in total. The molecule has 0 aromatic carbocycles. The Bertz CT molecular complexity index is 197. The van der Waals surface area contributed by atoms with Gasteiger partial charge >= 0.3 is 5.97 Å². The second-order valence-corrected chi connectivity index (χ2v) is 4.01. The summed E-state index contributed by atoms with van der Waals surface area (Å²) in [4.78, 5) is 11.5. The number of nitrogens with two attached hydrogens (primary N) is 1. The van der Waals surface area contributed by atoms with E-state index in [0.29, 0.717) is 18.6 Å². The molecule has 0 aliphatic heterocycles. The summed E-state index contributed by atoms with van der Waals surface area (Å²) in [6.07, 6.45) is 2.80. The van der Waals surface area contributed by atoms with Crippen molar-refractivity contribution in [3.63, 3.8) is 0 Å². The maximum Gasteiger partial charge on any atom is 0.309 e. The predicted molar refractivity (Wildman–Crippen MR) is 54.2 cm³/mol. The van der Waals surface area contributed by atoms with Gasteiger partial charge in [0, 0.05) is 6.04 Å². The summed E-state index contributed by atoms with van der Waals surface area (Å²) in [5.41, 5.74) is 2.77. The van der Waals surface area contributed by atoms with E-state index in [-0.39, 0.29) is 11.9 Å². The molecule has 3 N–H and O–H groups in total. The van der Waals surface area contributed by atoms with Crippen molar-refractivity contribution in [1.29, 1.82) is 0 Å². The van der Waals surface area contributed by atoms with Gasteiger partial charge in [-0.3, -0.25) is 16.1 Å². The van der Waals surface area contributed by atoms with Crippen LogP contribution in [0.5, 0.6) is 0 Å². The third-order valence-corrected chi connectivity index (χ3v) is 2.99. The Morgan fingerprint density at radius 3 is 2.79 bits per heavy atom. The van der Waals surface area contributed by atoms with E-state index < -0.39 is 0 Å². The highest BCUT2D eigenvalue weighted by Gasteiger charge is 2.32. The van der Waals surface area contributed by atoms with Crippen LogP contribution in [-0.4, -0.2) is 18.6 Å². The Labute approximate surface area is 85.2 Å². The van der Waals surface area contributed by atoms with Gasteiger partial charge in [0.1, 0.15) is 0 Å². The smallest absolute Gasteiger partial charge is 0.309 e. The Hall–Kier alpha value is -0.610. The van der Waals surface area contributed by atoms with Crippen molar-refractivity contribution in [3.05, 3.63) is 0 Å². The van der Waals surface area contributed by atoms with Crippen LogP contribution < -0.4 is 11.3 Å². The van der Waals surface area contributed by atoms with E-state index in [0.717, 1.165) is 19.3 Å². The van der Waals surface area contributed by atoms with E-state index in [2.05, 4.69) is 12.3 Å². The third kappa shape index (κ3) is 2.69. The molecular weight excluding hydrogens is 180 g/mol. The monoisotopic (exact) mass is 200 g/mol. The summed E-state index contributed by atoms with van der Waals surface area (Å²) in [5, 5.41) is 0. The van der Waals surface area contributed by atoms with Crippen LogP contribution in [0.25, 0.3) is 0 Å². The van der Waals surface area contributed by atoms with E-state index in [4.69, 9.17) is 10.6 Å². The third-order valence-electron chi connectivity index (χ3n) is 2.99. The quantitative estimate of drug-likeness (QED) is 0.402. The van der Waals surface area contributed by atoms with Crippen LogP contribution in [0, 0.1) is 11.8 Å². The van der Waals surface area contributed by atoms with Gasteiger partial charge < -0.3 is 4.74 Å². The first-order valence-electron chi connectivity index (χ1n) is 5.31. The number of rotatable bonds is 3. The molecule has 4 heteroatoms. The Balaban J connectivity index is 2.45.